The standard InChI is InChI=1S/C20H24N4O6/c1-28-13-6-4-12(5-7-13)18-17-14(21-11-22-17)8-9-24(18)20(27)23-15(19(26)30-3)10-16(25)29-2/h4-7,11,15,18H,8-10H2,1-3H3,(H,21,22)(H,23,27)/t15-,18+/m0/s1. The molecule has 2 N–H and O–H groups in total. The van der Waals surface area contributed by atoms with Crippen molar-refractivity contribution < 1.29 is 28.6 Å². The molecule has 2 amide bonds. The van der Waals surface area contributed by atoms with Gasteiger partial charge in [-0.1, -0.05) is 12.1 Å². The average Bonchev–Trinajstić information content (AvgIpc) is 3.26. The van der Waals surface area contributed by atoms with Crippen molar-refractivity contribution in [3.05, 3.63) is 47.5 Å². The Hall–Kier alpha value is -3.56. The predicted octanol–water partition coefficient (Wildman–Crippen LogP) is 1.18. The Morgan fingerprint density at radius 3 is 2.57 bits per heavy atom. The number of hydrogen-bond donors (Lipinski definition) is 2. The second kappa shape index (κ2) is 9.29. The second-order valence-corrected chi connectivity index (χ2v) is 6.69. The van der Waals surface area contributed by atoms with Crippen LogP contribution in [0.15, 0.2) is 30.6 Å². The average molecular weight is 416 g/mol. The number of urea groups is 1. The van der Waals surface area contributed by atoms with Crippen LogP contribution in [-0.4, -0.2) is 66.8 Å². The number of esters is 2. The summed E-state index contributed by atoms with van der Waals surface area (Å²) in [7, 11) is 3.98. The first-order valence-electron chi connectivity index (χ1n) is 9.36. The lowest BCUT2D eigenvalue weighted by molar-refractivity contribution is -0.149. The maximum Gasteiger partial charge on any atom is 0.329 e. The number of carbonyl (C=O) groups excluding carboxylic acids is 3. The summed E-state index contributed by atoms with van der Waals surface area (Å²) < 4.78 is 14.5. The Morgan fingerprint density at radius 2 is 1.93 bits per heavy atom. The van der Waals surface area contributed by atoms with Gasteiger partial charge < -0.3 is 29.4 Å². The Bertz CT molecular complexity index is 910. The lowest BCUT2D eigenvalue weighted by Crippen LogP contribution is -2.52. The number of benzene rings is 1. The molecule has 2 aromatic rings. The highest BCUT2D eigenvalue weighted by molar-refractivity contribution is 5.87. The molecule has 0 fully saturated rings. The SMILES string of the molecule is COC(=O)C[C@H](NC(=O)N1CCc2[nH]cnc2[C@H]1c1ccc(OC)cc1)C(=O)OC. The minimum absolute atomic E-state index is 0.330. The van der Waals surface area contributed by atoms with Crippen molar-refractivity contribution in [1.82, 2.24) is 20.2 Å². The number of aromatic nitrogens is 2. The molecule has 1 aromatic carbocycles. The number of carbonyl (C=O) groups is 3. The van der Waals surface area contributed by atoms with Gasteiger partial charge in [0.25, 0.3) is 0 Å². The highest BCUT2D eigenvalue weighted by Gasteiger charge is 2.36. The van der Waals surface area contributed by atoms with Gasteiger partial charge >= 0.3 is 18.0 Å². The Labute approximate surface area is 173 Å². The van der Waals surface area contributed by atoms with Crippen molar-refractivity contribution in [3.8, 4) is 5.75 Å². The minimum atomic E-state index is -1.16. The quantitative estimate of drug-likeness (QED) is 0.678. The fraction of sp³-hybridized carbons (Fsp3) is 0.400. The van der Waals surface area contributed by atoms with Crippen molar-refractivity contribution in [2.75, 3.05) is 27.9 Å². The largest absolute Gasteiger partial charge is 0.497 e. The molecule has 0 unspecified atom stereocenters. The van der Waals surface area contributed by atoms with E-state index in [-0.39, 0.29) is 6.42 Å². The van der Waals surface area contributed by atoms with Crippen molar-refractivity contribution in [2.24, 2.45) is 0 Å². The zero-order valence-corrected chi connectivity index (χ0v) is 17.0. The molecule has 0 spiro atoms. The van der Waals surface area contributed by atoms with Crippen molar-refractivity contribution >= 4 is 18.0 Å². The van der Waals surface area contributed by atoms with Gasteiger partial charge in [-0.3, -0.25) is 4.79 Å². The van der Waals surface area contributed by atoms with Gasteiger partial charge in [-0.2, -0.15) is 0 Å². The van der Waals surface area contributed by atoms with Crippen LogP contribution in [0.1, 0.15) is 29.4 Å². The molecule has 160 valence electrons. The van der Waals surface area contributed by atoms with E-state index < -0.39 is 30.1 Å². The summed E-state index contributed by atoms with van der Waals surface area (Å²) in [5.74, 6) is -0.672. The Morgan fingerprint density at radius 1 is 1.20 bits per heavy atom. The molecule has 0 bridgehead atoms. The number of H-pyrrole nitrogens is 1. The van der Waals surface area contributed by atoms with Crippen LogP contribution in [-0.2, 0) is 25.5 Å². The van der Waals surface area contributed by atoms with Crippen LogP contribution in [0.2, 0.25) is 0 Å². The molecule has 1 aliphatic heterocycles. The number of fused-ring (bicyclic) bond motifs is 1. The fourth-order valence-corrected chi connectivity index (χ4v) is 3.44. The predicted molar refractivity (Wildman–Crippen MR) is 105 cm³/mol. The van der Waals surface area contributed by atoms with Gasteiger partial charge in [-0.05, 0) is 17.7 Å². The van der Waals surface area contributed by atoms with E-state index in [1.54, 1.807) is 30.5 Å². The normalized spacial score (nSPS) is 16.2. The molecule has 10 heteroatoms. The molecule has 3 rings (SSSR count). The number of rotatable bonds is 6. The first-order valence-corrected chi connectivity index (χ1v) is 9.36. The van der Waals surface area contributed by atoms with Crippen molar-refractivity contribution in [3.63, 3.8) is 0 Å². The summed E-state index contributed by atoms with van der Waals surface area (Å²) in [5, 5.41) is 2.60. The smallest absolute Gasteiger partial charge is 0.329 e. The monoisotopic (exact) mass is 416 g/mol. The number of nitrogens with one attached hydrogen (secondary N) is 2. The Balaban J connectivity index is 1.88. The van der Waals surface area contributed by atoms with E-state index in [1.807, 2.05) is 12.1 Å². The summed E-state index contributed by atoms with van der Waals surface area (Å²) in [6, 6.07) is 5.19. The van der Waals surface area contributed by atoms with E-state index in [9.17, 15) is 14.4 Å². The number of amides is 2. The number of hydrogen-bond acceptors (Lipinski definition) is 7. The highest BCUT2D eigenvalue weighted by Crippen LogP contribution is 2.34. The van der Waals surface area contributed by atoms with E-state index in [0.717, 1.165) is 17.0 Å². The van der Waals surface area contributed by atoms with Crippen LogP contribution >= 0.6 is 0 Å². The molecular weight excluding hydrogens is 392 g/mol. The third-order valence-corrected chi connectivity index (χ3v) is 5.00. The summed E-state index contributed by atoms with van der Waals surface area (Å²) in [6.07, 6.45) is 1.84. The van der Waals surface area contributed by atoms with Gasteiger partial charge in [0.2, 0.25) is 0 Å². The van der Waals surface area contributed by atoms with Crippen LogP contribution in [0.5, 0.6) is 5.75 Å². The van der Waals surface area contributed by atoms with E-state index >= 15 is 0 Å². The Kier molecular flexibility index (Phi) is 6.55. The summed E-state index contributed by atoms with van der Waals surface area (Å²) in [5.41, 5.74) is 2.50. The first-order chi connectivity index (χ1) is 14.5. The molecule has 0 aliphatic carbocycles. The lowest BCUT2D eigenvalue weighted by Gasteiger charge is -2.36. The molecule has 30 heavy (non-hydrogen) atoms. The zero-order valence-electron chi connectivity index (χ0n) is 17.0. The second-order valence-electron chi connectivity index (χ2n) is 6.69. The van der Waals surface area contributed by atoms with E-state index in [0.29, 0.717) is 18.7 Å². The number of methoxy groups -OCH3 is 3. The summed E-state index contributed by atoms with van der Waals surface area (Å²) >= 11 is 0. The van der Waals surface area contributed by atoms with Gasteiger partial charge in [0.05, 0.1) is 39.8 Å². The number of imidazole rings is 1. The van der Waals surface area contributed by atoms with Gasteiger partial charge in [0, 0.05) is 18.7 Å². The maximum absolute atomic E-state index is 13.1. The van der Waals surface area contributed by atoms with Gasteiger partial charge in [-0.25, -0.2) is 14.6 Å². The van der Waals surface area contributed by atoms with Gasteiger partial charge in [-0.15, -0.1) is 0 Å². The molecule has 2 heterocycles. The maximum atomic E-state index is 13.1. The van der Waals surface area contributed by atoms with Crippen LogP contribution < -0.4 is 10.1 Å². The van der Waals surface area contributed by atoms with Crippen molar-refractivity contribution in [1.29, 1.82) is 0 Å². The van der Waals surface area contributed by atoms with Crippen LogP contribution in [0.25, 0.3) is 0 Å². The van der Waals surface area contributed by atoms with E-state index in [4.69, 9.17) is 9.47 Å². The lowest BCUT2D eigenvalue weighted by atomic mass is 9.96. The molecule has 0 saturated carbocycles. The molecular formula is C20H24N4O6. The fourth-order valence-electron chi connectivity index (χ4n) is 3.44. The zero-order chi connectivity index (χ0) is 21.7. The topological polar surface area (TPSA) is 123 Å². The summed E-state index contributed by atoms with van der Waals surface area (Å²) in [6.45, 7) is 0.393. The third kappa shape index (κ3) is 4.37. The van der Waals surface area contributed by atoms with Gasteiger partial charge in [0.1, 0.15) is 17.8 Å². The molecule has 2 atom stereocenters. The summed E-state index contributed by atoms with van der Waals surface area (Å²) in [4.78, 5) is 46.0. The van der Waals surface area contributed by atoms with E-state index in [2.05, 4.69) is 20.0 Å². The van der Waals surface area contributed by atoms with Crippen LogP contribution in [0, 0.1) is 0 Å². The highest BCUT2D eigenvalue weighted by atomic mass is 16.5. The molecule has 10 nitrogen and oxygen atoms in total. The van der Waals surface area contributed by atoms with Gasteiger partial charge in [0.15, 0.2) is 0 Å². The molecule has 1 aromatic heterocycles. The molecule has 0 saturated heterocycles. The minimum Gasteiger partial charge on any atom is -0.497 e. The van der Waals surface area contributed by atoms with Crippen LogP contribution in [0.3, 0.4) is 0 Å². The molecule has 1 aliphatic rings. The third-order valence-electron chi connectivity index (χ3n) is 5.00. The van der Waals surface area contributed by atoms with E-state index in [1.165, 1.54) is 14.2 Å². The number of ether oxygens (including phenoxy) is 3. The first kappa shape index (κ1) is 21.2. The number of aromatic amines is 1. The molecule has 0 radical (unpaired) electrons. The van der Waals surface area contributed by atoms with Crippen molar-refractivity contribution in [2.45, 2.75) is 24.9 Å². The number of nitrogens with zero attached hydrogens (tertiary/aromatic N) is 2. The van der Waals surface area contributed by atoms with Crippen LogP contribution in [0.4, 0.5) is 4.79 Å².